The standard InChI is InChI=1S/C18H32N2O/c1-13(8-19)9-20(4)15(21)18-7-14-5-16(2,11-18)10-17(3,6-14)12-18/h13-14H,5-12,19H2,1-4H3. The lowest BCUT2D eigenvalue weighted by Crippen LogP contribution is -2.60. The summed E-state index contributed by atoms with van der Waals surface area (Å²) in [6.45, 7) is 8.45. The van der Waals surface area contributed by atoms with Crippen LogP contribution in [0.3, 0.4) is 0 Å². The maximum Gasteiger partial charge on any atom is 0.228 e. The van der Waals surface area contributed by atoms with Crippen molar-refractivity contribution in [3.8, 4) is 0 Å². The molecular formula is C18H32N2O. The minimum atomic E-state index is -0.0635. The van der Waals surface area contributed by atoms with E-state index >= 15 is 0 Å². The highest BCUT2D eigenvalue weighted by Crippen LogP contribution is 2.69. The van der Waals surface area contributed by atoms with Crippen molar-refractivity contribution >= 4 is 5.91 Å². The zero-order chi connectivity index (χ0) is 15.5. The monoisotopic (exact) mass is 292 g/mol. The average Bonchev–Trinajstić information content (AvgIpc) is 2.33. The first-order valence-electron chi connectivity index (χ1n) is 8.65. The smallest absolute Gasteiger partial charge is 0.228 e. The number of rotatable bonds is 4. The zero-order valence-electron chi connectivity index (χ0n) is 14.2. The Morgan fingerprint density at radius 2 is 1.76 bits per heavy atom. The van der Waals surface area contributed by atoms with E-state index in [-0.39, 0.29) is 5.41 Å². The summed E-state index contributed by atoms with van der Waals surface area (Å²) in [6.07, 6.45) is 7.40. The van der Waals surface area contributed by atoms with Crippen LogP contribution in [0, 0.1) is 28.1 Å². The Labute approximate surface area is 129 Å². The van der Waals surface area contributed by atoms with Crippen LogP contribution in [-0.2, 0) is 4.79 Å². The molecule has 0 heterocycles. The van der Waals surface area contributed by atoms with Crippen LogP contribution in [0.5, 0.6) is 0 Å². The maximum absolute atomic E-state index is 13.2. The molecule has 21 heavy (non-hydrogen) atoms. The molecule has 3 atom stereocenters. The quantitative estimate of drug-likeness (QED) is 0.865. The number of carbonyl (C=O) groups is 1. The normalized spacial score (nSPS) is 45.7. The Bertz CT molecular complexity index is 428. The van der Waals surface area contributed by atoms with Crippen molar-refractivity contribution in [1.82, 2.24) is 4.90 Å². The first-order valence-corrected chi connectivity index (χ1v) is 8.65. The van der Waals surface area contributed by atoms with Crippen molar-refractivity contribution in [3.63, 3.8) is 0 Å². The van der Waals surface area contributed by atoms with E-state index in [0.717, 1.165) is 31.7 Å². The van der Waals surface area contributed by atoms with Gasteiger partial charge in [0, 0.05) is 13.6 Å². The van der Waals surface area contributed by atoms with Gasteiger partial charge in [-0.3, -0.25) is 4.79 Å². The van der Waals surface area contributed by atoms with Gasteiger partial charge in [0.25, 0.3) is 0 Å². The average molecular weight is 292 g/mol. The Morgan fingerprint density at radius 3 is 2.24 bits per heavy atom. The molecule has 0 saturated heterocycles. The summed E-state index contributed by atoms with van der Waals surface area (Å²) in [7, 11) is 1.98. The van der Waals surface area contributed by atoms with Crippen molar-refractivity contribution in [3.05, 3.63) is 0 Å². The van der Waals surface area contributed by atoms with E-state index in [9.17, 15) is 4.79 Å². The predicted molar refractivity (Wildman–Crippen MR) is 85.7 cm³/mol. The van der Waals surface area contributed by atoms with Crippen LogP contribution in [0.25, 0.3) is 0 Å². The first-order chi connectivity index (χ1) is 9.69. The topological polar surface area (TPSA) is 46.3 Å². The third-order valence-corrected chi connectivity index (χ3v) is 6.41. The van der Waals surface area contributed by atoms with E-state index in [1.165, 1.54) is 19.3 Å². The van der Waals surface area contributed by atoms with Crippen LogP contribution in [0.15, 0.2) is 0 Å². The van der Waals surface area contributed by atoms with Crippen LogP contribution >= 0.6 is 0 Å². The summed E-state index contributed by atoms with van der Waals surface area (Å²) in [4.78, 5) is 15.2. The minimum Gasteiger partial charge on any atom is -0.345 e. The largest absolute Gasteiger partial charge is 0.345 e. The minimum absolute atomic E-state index is 0.0635. The molecule has 3 unspecified atom stereocenters. The number of nitrogens with two attached hydrogens (primary N) is 1. The fourth-order valence-electron chi connectivity index (χ4n) is 6.72. The third kappa shape index (κ3) is 2.52. The molecule has 4 rings (SSSR count). The second-order valence-electron chi connectivity index (χ2n) is 9.44. The second-order valence-corrected chi connectivity index (χ2v) is 9.44. The molecule has 0 radical (unpaired) electrons. The van der Waals surface area contributed by atoms with Crippen LogP contribution < -0.4 is 5.73 Å². The number of amides is 1. The summed E-state index contributed by atoms with van der Waals surface area (Å²) in [5, 5.41) is 0. The van der Waals surface area contributed by atoms with E-state index in [2.05, 4.69) is 20.8 Å². The van der Waals surface area contributed by atoms with E-state index in [4.69, 9.17) is 5.73 Å². The highest BCUT2D eigenvalue weighted by molar-refractivity contribution is 5.83. The molecule has 3 heteroatoms. The van der Waals surface area contributed by atoms with Crippen molar-refractivity contribution < 1.29 is 4.79 Å². The zero-order valence-corrected chi connectivity index (χ0v) is 14.2. The van der Waals surface area contributed by atoms with Gasteiger partial charge in [0.2, 0.25) is 5.91 Å². The van der Waals surface area contributed by atoms with Gasteiger partial charge in [0.1, 0.15) is 0 Å². The lowest BCUT2D eigenvalue weighted by molar-refractivity contribution is -0.178. The van der Waals surface area contributed by atoms with Gasteiger partial charge in [-0.2, -0.15) is 0 Å². The number of nitrogens with zero attached hydrogens (tertiary/aromatic N) is 1. The van der Waals surface area contributed by atoms with Crippen molar-refractivity contribution in [2.75, 3.05) is 20.1 Å². The molecule has 4 aliphatic carbocycles. The fraction of sp³-hybridized carbons (Fsp3) is 0.944. The Morgan fingerprint density at radius 1 is 1.19 bits per heavy atom. The van der Waals surface area contributed by atoms with Crippen molar-refractivity contribution in [2.24, 2.45) is 33.8 Å². The summed E-state index contributed by atoms with van der Waals surface area (Å²) in [5.74, 6) is 1.57. The summed E-state index contributed by atoms with van der Waals surface area (Å²) in [6, 6.07) is 0. The van der Waals surface area contributed by atoms with E-state index < -0.39 is 0 Å². The number of hydrogen-bond acceptors (Lipinski definition) is 2. The Kier molecular flexibility index (Phi) is 3.44. The van der Waals surface area contributed by atoms with Gasteiger partial charge in [-0.25, -0.2) is 0 Å². The van der Waals surface area contributed by atoms with Gasteiger partial charge >= 0.3 is 0 Å². The second kappa shape index (κ2) is 4.71. The molecule has 0 aromatic rings. The first kappa shape index (κ1) is 15.3. The Balaban J connectivity index is 1.82. The molecular weight excluding hydrogens is 260 g/mol. The van der Waals surface area contributed by atoms with Gasteiger partial charge in [-0.15, -0.1) is 0 Å². The van der Waals surface area contributed by atoms with Crippen LogP contribution in [0.2, 0.25) is 0 Å². The van der Waals surface area contributed by atoms with Crippen molar-refractivity contribution in [1.29, 1.82) is 0 Å². The Hall–Kier alpha value is -0.570. The molecule has 1 amide bonds. The van der Waals surface area contributed by atoms with Gasteiger partial charge < -0.3 is 10.6 Å². The van der Waals surface area contributed by atoms with Crippen molar-refractivity contribution in [2.45, 2.75) is 59.3 Å². The molecule has 0 aromatic carbocycles. The van der Waals surface area contributed by atoms with E-state index in [1.807, 2.05) is 11.9 Å². The highest BCUT2D eigenvalue weighted by Gasteiger charge is 2.63. The highest BCUT2D eigenvalue weighted by atomic mass is 16.2. The van der Waals surface area contributed by atoms with Crippen LogP contribution in [-0.4, -0.2) is 30.9 Å². The van der Waals surface area contributed by atoms with Crippen LogP contribution in [0.4, 0.5) is 0 Å². The van der Waals surface area contributed by atoms with E-state index in [0.29, 0.717) is 29.2 Å². The van der Waals surface area contributed by atoms with Gasteiger partial charge in [-0.05, 0) is 67.7 Å². The fourth-order valence-corrected chi connectivity index (χ4v) is 6.72. The molecule has 4 bridgehead atoms. The molecule has 3 nitrogen and oxygen atoms in total. The predicted octanol–water partition coefficient (Wildman–Crippen LogP) is 3.04. The van der Waals surface area contributed by atoms with E-state index in [1.54, 1.807) is 0 Å². The lowest BCUT2D eigenvalue weighted by atomic mass is 9.40. The third-order valence-electron chi connectivity index (χ3n) is 6.41. The molecule has 0 aromatic heterocycles. The molecule has 0 aliphatic heterocycles. The maximum atomic E-state index is 13.2. The summed E-state index contributed by atoms with van der Waals surface area (Å²) < 4.78 is 0. The van der Waals surface area contributed by atoms with Gasteiger partial charge in [0.15, 0.2) is 0 Å². The summed E-state index contributed by atoms with van der Waals surface area (Å²) in [5.41, 5.74) is 6.48. The molecule has 0 spiro atoms. The molecule has 4 saturated carbocycles. The van der Waals surface area contributed by atoms with Gasteiger partial charge in [-0.1, -0.05) is 20.8 Å². The van der Waals surface area contributed by atoms with Crippen LogP contribution in [0.1, 0.15) is 59.3 Å². The number of hydrogen-bond donors (Lipinski definition) is 1. The summed E-state index contributed by atoms with van der Waals surface area (Å²) >= 11 is 0. The molecule has 4 aliphatic rings. The molecule has 4 fully saturated rings. The SMILES string of the molecule is CC(CN)CN(C)C(=O)C12CC3CC(C)(CC(C)(C3)C1)C2. The number of carbonyl (C=O) groups excluding carboxylic acids is 1. The van der Waals surface area contributed by atoms with Gasteiger partial charge in [0.05, 0.1) is 5.41 Å². The molecule has 120 valence electrons. The molecule has 2 N–H and O–H groups in total. The lowest BCUT2D eigenvalue weighted by Gasteiger charge is -2.65.